The van der Waals surface area contributed by atoms with Gasteiger partial charge in [-0.3, -0.25) is 4.79 Å². The monoisotopic (exact) mass is 318 g/mol. The Kier molecular flexibility index (Phi) is 6.15. The van der Waals surface area contributed by atoms with E-state index in [0.29, 0.717) is 24.6 Å². The molecule has 0 aliphatic heterocycles. The van der Waals surface area contributed by atoms with Crippen molar-refractivity contribution in [3.05, 3.63) is 52.9 Å². The van der Waals surface area contributed by atoms with Crippen LogP contribution in [0.1, 0.15) is 29.4 Å². The molecule has 0 aliphatic carbocycles. The Morgan fingerprint density at radius 2 is 1.95 bits per heavy atom. The summed E-state index contributed by atoms with van der Waals surface area (Å²) in [5, 5.41) is 6.72. The molecule has 0 atom stereocenters. The van der Waals surface area contributed by atoms with Gasteiger partial charge < -0.3 is 10.6 Å². The van der Waals surface area contributed by atoms with E-state index in [1.165, 1.54) is 11.9 Å². The van der Waals surface area contributed by atoms with Crippen LogP contribution >= 0.6 is 11.6 Å². The van der Waals surface area contributed by atoms with Crippen molar-refractivity contribution in [3.8, 4) is 0 Å². The molecule has 1 aromatic heterocycles. The van der Waals surface area contributed by atoms with Crippen molar-refractivity contribution in [2.75, 3.05) is 18.4 Å². The van der Waals surface area contributed by atoms with Crippen molar-refractivity contribution >= 4 is 23.3 Å². The minimum atomic E-state index is -0.176. The Balaban J connectivity index is 1.87. The molecular weight excluding hydrogens is 300 g/mol. The Morgan fingerprint density at radius 1 is 1.18 bits per heavy atom. The van der Waals surface area contributed by atoms with Gasteiger partial charge in [0.05, 0.1) is 0 Å². The smallest absolute Gasteiger partial charge is 0.270 e. The van der Waals surface area contributed by atoms with Crippen LogP contribution in [0.5, 0.6) is 0 Å². The van der Waals surface area contributed by atoms with Crippen LogP contribution in [0.3, 0.4) is 0 Å². The lowest BCUT2D eigenvalue weighted by Crippen LogP contribution is -2.25. The number of rotatable bonds is 7. The van der Waals surface area contributed by atoms with Crippen LogP contribution in [-0.2, 0) is 6.42 Å². The maximum Gasteiger partial charge on any atom is 0.270 e. The topological polar surface area (TPSA) is 66.9 Å². The molecular formula is C16H19ClN4O. The lowest BCUT2D eigenvalue weighted by Gasteiger charge is -2.07. The number of halogens is 1. The van der Waals surface area contributed by atoms with Crippen LogP contribution in [-0.4, -0.2) is 29.0 Å². The summed E-state index contributed by atoms with van der Waals surface area (Å²) in [6.07, 6.45) is 3.13. The van der Waals surface area contributed by atoms with E-state index in [9.17, 15) is 4.79 Å². The summed E-state index contributed by atoms with van der Waals surface area (Å²) in [7, 11) is 0. The molecule has 0 bridgehead atoms. The van der Waals surface area contributed by atoms with Crippen molar-refractivity contribution in [3.63, 3.8) is 0 Å². The highest BCUT2D eigenvalue weighted by Gasteiger charge is 2.07. The maximum absolute atomic E-state index is 11.8. The minimum Gasteiger partial charge on any atom is -0.370 e. The predicted octanol–water partition coefficient (Wildman–Crippen LogP) is 2.92. The second-order valence-corrected chi connectivity index (χ2v) is 5.28. The molecule has 1 aromatic carbocycles. The van der Waals surface area contributed by atoms with Crippen LogP contribution in [0.2, 0.25) is 5.02 Å². The summed E-state index contributed by atoms with van der Waals surface area (Å²) < 4.78 is 0. The number of hydrogen-bond acceptors (Lipinski definition) is 4. The number of benzene rings is 1. The predicted molar refractivity (Wildman–Crippen MR) is 88.3 cm³/mol. The normalized spacial score (nSPS) is 10.3. The lowest BCUT2D eigenvalue weighted by molar-refractivity contribution is 0.0948. The molecule has 5 nitrogen and oxygen atoms in total. The fourth-order valence-corrected chi connectivity index (χ4v) is 2.02. The molecule has 0 saturated heterocycles. The quantitative estimate of drug-likeness (QED) is 0.823. The van der Waals surface area contributed by atoms with Crippen LogP contribution in [0, 0.1) is 0 Å². The highest BCUT2D eigenvalue weighted by Crippen LogP contribution is 2.10. The van der Waals surface area contributed by atoms with Crippen molar-refractivity contribution in [2.24, 2.45) is 0 Å². The van der Waals surface area contributed by atoms with Gasteiger partial charge in [0.25, 0.3) is 5.91 Å². The Bertz CT molecular complexity index is 616. The summed E-state index contributed by atoms with van der Waals surface area (Å²) in [5.74, 6) is 0.468. The molecule has 0 unspecified atom stereocenters. The van der Waals surface area contributed by atoms with Gasteiger partial charge in [-0.15, -0.1) is 0 Å². The number of nitrogens with zero attached hydrogens (tertiary/aromatic N) is 2. The van der Waals surface area contributed by atoms with Gasteiger partial charge >= 0.3 is 0 Å². The van der Waals surface area contributed by atoms with E-state index in [-0.39, 0.29) is 5.91 Å². The lowest BCUT2D eigenvalue weighted by atomic mass is 10.1. The third-order valence-corrected chi connectivity index (χ3v) is 3.32. The summed E-state index contributed by atoms with van der Waals surface area (Å²) in [6, 6.07) is 9.39. The number of nitrogens with one attached hydrogen (secondary N) is 2. The highest BCUT2D eigenvalue weighted by atomic mass is 35.5. The van der Waals surface area contributed by atoms with E-state index in [0.717, 1.165) is 17.9 Å². The molecule has 1 heterocycles. The zero-order valence-electron chi connectivity index (χ0n) is 12.5. The summed E-state index contributed by atoms with van der Waals surface area (Å²) >= 11 is 5.85. The average Bonchev–Trinajstić information content (AvgIpc) is 2.55. The van der Waals surface area contributed by atoms with E-state index >= 15 is 0 Å². The number of aromatic nitrogens is 2. The third-order valence-electron chi connectivity index (χ3n) is 3.07. The number of amides is 1. The second kappa shape index (κ2) is 8.34. The summed E-state index contributed by atoms with van der Waals surface area (Å²) in [6.45, 7) is 3.36. The summed E-state index contributed by atoms with van der Waals surface area (Å²) in [4.78, 5) is 20.0. The van der Waals surface area contributed by atoms with Crippen molar-refractivity contribution in [1.82, 2.24) is 15.3 Å². The van der Waals surface area contributed by atoms with E-state index < -0.39 is 0 Å². The fourth-order valence-electron chi connectivity index (χ4n) is 1.89. The van der Waals surface area contributed by atoms with Gasteiger partial charge in [0.2, 0.25) is 0 Å². The van der Waals surface area contributed by atoms with Crippen LogP contribution in [0.15, 0.2) is 36.7 Å². The van der Waals surface area contributed by atoms with Gasteiger partial charge in [0.15, 0.2) is 0 Å². The molecule has 2 rings (SSSR count). The molecule has 0 spiro atoms. The average molecular weight is 319 g/mol. The molecule has 0 radical (unpaired) electrons. The third kappa shape index (κ3) is 5.00. The first-order valence-corrected chi connectivity index (χ1v) is 7.65. The van der Waals surface area contributed by atoms with Gasteiger partial charge in [-0.05, 0) is 30.5 Å². The van der Waals surface area contributed by atoms with Crippen LogP contribution < -0.4 is 10.6 Å². The van der Waals surface area contributed by atoms with Gasteiger partial charge in [-0.1, -0.05) is 30.7 Å². The first-order chi connectivity index (χ1) is 10.7. The minimum absolute atomic E-state index is 0.176. The van der Waals surface area contributed by atoms with E-state index in [1.807, 2.05) is 31.2 Å². The van der Waals surface area contributed by atoms with Gasteiger partial charge in [0.1, 0.15) is 17.8 Å². The number of anilines is 1. The molecule has 6 heteroatoms. The SMILES string of the molecule is CCCNC(=O)c1cc(NCCc2ccc(Cl)cc2)ncn1. The number of carbonyl (C=O) groups is 1. The van der Waals surface area contributed by atoms with Crippen molar-refractivity contribution in [1.29, 1.82) is 0 Å². The van der Waals surface area contributed by atoms with E-state index in [2.05, 4.69) is 20.6 Å². The molecule has 1 amide bonds. The van der Waals surface area contributed by atoms with E-state index in [1.54, 1.807) is 6.07 Å². The summed E-state index contributed by atoms with van der Waals surface area (Å²) in [5.41, 5.74) is 1.56. The largest absolute Gasteiger partial charge is 0.370 e. The number of carbonyl (C=O) groups excluding carboxylic acids is 1. The van der Waals surface area contributed by atoms with E-state index in [4.69, 9.17) is 11.6 Å². The van der Waals surface area contributed by atoms with Crippen LogP contribution in [0.25, 0.3) is 0 Å². The standard InChI is InChI=1S/C16H19ClN4O/c1-2-8-19-16(22)14-10-15(21-11-20-14)18-9-7-12-3-5-13(17)6-4-12/h3-6,10-11H,2,7-9H2,1H3,(H,19,22)(H,18,20,21). The molecule has 0 aliphatic rings. The maximum atomic E-state index is 11.8. The molecule has 0 saturated carbocycles. The Hall–Kier alpha value is -2.14. The van der Waals surface area contributed by atoms with Gasteiger partial charge in [0, 0.05) is 24.2 Å². The fraction of sp³-hybridized carbons (Fsp3) is 0.312. The highest BCUT2D eigenvalue weighted by molar-refractivity contribution is 6.30. The van der Waals surface area contributed by atoms with Gasteiger partial charge in [-0.25, -0.2) is 9.97 Å². The second-order valence-electron chi connectivity index (χ2n) is 4.85. The first-order valence-electron chi connectivity index (χ1n) is 7.27. The first kappa shape index (κ1) is 16.2. The molecule has 22 heavy (non-hydrogen) atoms. The van der Waals surface area contributed by atoms with Crippen LogP contribution in [0.4, 0.5) is 5.82 Å². The molecule has 0 fully saturated rings. The van der Waals surface area contributed by atoms with Gasteiger partial charge in [-0.2, -0.15) is 0 Å². The Labute approximate surface area is 135 Å². The number of hydrogen-bond donors (Lipinski definition) is 2. The zero-order valence-corrected chi connectivity index (χ0v) is 13.2. The zero-order chi connectivity index (χ0) is 15.8. The van der Waals surface area contributed by atoms with Crippen molar-refractivity contribution in [2.45, 2.75) is 19.8 Å². The molecule has 2 aromatic rings. The Morgan fingerprint density at radius 3 is 2.68 bits per heavy atom. The molecule has 116 valence electrons. The van der Waals surface area contributed by atoms with Crippen molar-refractivity contribution < 1.29 is 4.79 Å². The molecule has 2 N–H and O–H groups in total.